The quantitative estimate of drug-likeness (QED) is 0.873. The summed E-state index contributed by atoms with van der Waals surface area (Å²) in [6.45, 7) is 9.08. The van der Waals surface area contributed by atoms with Gasteiger partial charge in [0.2, 0.25) is 0 Å². The van der Waals surface area contributed by atoms with Gasteiger partial charge in [-0.15, -0.1) is 0 Å². The van der Waals surface area contributed by atoms with E-state index < -0.39 is 11.9 Å². The Kier molecular flexibility index (Phi) is 5.76. The van der Waals surface area contributed by atoms with Crippen molar-refractivity contribution < 1.29 is 9.90 Å². The van der Waals surface area contributed by atoms with Crippen LogP contribution in [0.5, 0.6) is 0 Å². The van der Waals surface area contributed by atoms with Crippen LogP contribution in [0.4, 0.5) is 0 Å². The van der Waals surface area contributed by atoms with Gasteiger partial charge in [-0.25, -0.2) is 0 Å². The lowest BCUT2D eigenvalue weighted by molar-refractivity contribution is -0.139. The van der Waals surface area contributed by atoms with Crippen molar-refractivity contribution in [3.8, 4) is 0 Å². The van der Waals surface area contributed by atoms with E-state index in [-0.39, 0.29) is 0 Å². The van der Waals surface area contributed by atoms with E-state index in [0.717, 1.165) is 31.7 Å². The summed E-state index contributed by atoms with van der Waals surface area (Å²) in [6, 6.07) is 10.2. The van der Waals surface area contributed by atoms with E-state index >= 15 is 0 Å². The van der Waals surface area contributed by atoms with Crippen LogP contribution in [0.1, 0.15) is 31.7 Å². The molecular formula is C17H26N2O2. The van der Waals surface area contributed by atoms with Gasteiger partial charge >= 0.3 is 5.97 Å². The number of carboxylic acid groups (broad SMARTS) is 1. The van der Waals surface area contributed by atoms with E-state index in [1.807, 2.05) is 30.3 Å². The highest BCUT2D eigenvalue weighted by molar-refractivity contribution is 5.76. The van der Waals surface area contributed by atoms with Crippen molar-refractivity contribution in [1.29, 1.82) is 0 Å². The van der Waals surface area contributed by atoms with Gasteiger partial charge < -0.3 is 5.11 Å². The number of hydrogen-bond donors (Lipinski definition) is 1. The molecule has 0 amide bonds. The first kappa shape index (κ1) is 16.0. The van der Waals surface area contributed by atoms with Gasteiger partial charge in [-0.1, -0.05) is 37.3 Å². The van der Waals surface area contributed by atoms with Crippen LogP contribution in [0, 0.1) is 0 Å². The molecule has 1 N–H and O–H groups in total. The van der Waals surface area contributed by atoms with Crippen LogP contribution >= 0.6 is 0 Å². The van der Waals surface area contributed by atoms with Crippen LogP contribution in [-0.2, 0) is 4.79 Å². The van der Waals surface area contributed by atoms with Crippen molar-refractivity contribution >= 4 is 5.97 Å². The largest absolute Gasteiger partial charge is 0.481 e. The molecular weight excluding hydrogens is 264 g/mol. The van der Waals surface area contributed by atoms with E-state index in [4.69, 9.17) is 0 Å². The molecule has 0 saturated carbocycles. The minimum absolute atomic E-state index is 0.429. The Morgan fingerprint density at radius 1 is 1.19 bits per heavy atom. The summed E-state index contributed by atoms with van der Waals surface area (Å²) in [7, 11) is 0. The Morgan fingerprint density at radius 3 is 2.33 bits per heavy atom. The first-order valence-electron chi connectivity index (χ1n) is 7.86. The lowest BCUT2D eigenvalue weighted by Gasteiger charge is -2.38. The third kappa shape index (κ3) is 4.29. The van der Waals surface area contributed by atoms with Gasteiger partial charge in [0.25, 0.3) is 0 Å². The number of carbonyl (C=O) groups is 1. The highest BCUT2D eigenvalue weighted by Gasteiger charge is 2.26. The van der Waals surface area contributed by atoms with Crippen molar-refractivity contribution in [2.24, 2.45) is 0 Å². The fourth-order valence-electron chi connectivity index (χ4n) is 2.91. The number of aliphatic carboxylic acids is 1. The summed E-state index contributed by atoms with van der Waals surface area (Å²) in [5, 5.41) is 9.50. The molecule has 1 fully saturated rings. The molecule has 1 aliphatic rings. The average Bonchev–Trinajstić information content (AvgIpc) is 2.53. The van der Waals surface area contributed by atoms with Gasteiger partial charge in [0.1, 0.15) is 0 Å². The average molecular weight is 290 g/mol. The minimum atomic E-state index is -0.731. The molecule has 1 aromatic carbocycles. The Hall–Kier alpha value is -1.39. The summed E-state index contributed by atoms with van der Waals surface area (Å²) < 4.78 is 0. The predicted molar refractivity (Wildman–Crippen MR) is 84.6 cm³/mol. The second-order valence-electron chi connectivity index (χ2n) is 5.90. The molecule has 21 heavy (non-hydrogen) atoms. The van der Waals surface area contributed by atoms with Crippen LogP contribution in [-0.4, -0.2) is 59.6 Å². The lowest BCUT2D eigenvalue weighted by atomic mass is 9.98. The Labute approximate surface area is 127 Å². The van der Waals surface area contributed by atoms with Gasteiger partial charge in [-0.05, 0) is 18.9 Å². The van der Waals surface area contributed by atoms with E-state index in [1.165, 1.54) is 6.42 Å². The zero-order chi connectivity index (χ0) is 15.2. The van der Waals surface area contributed by atoms with Crippen molar-refractivity contribution in [1.82, 2.24) is 9.80 Å². The third-order valence-electron chi connectivity index (χ3n) is 4.56. The maximum atomic E-state index is 11.6. The molecule has 4 heteroatoms. The van der Waals surface area contributed by atoms with Crippen LogP contribution in [0.25, 0.3) is 0 Å². The van der Waals surface area contributed by atoms with Crippen LogP contribution in [0.3, 0.4) is 0 Å². The molecule has 0 aliphatic carbocycles. The van der Waals surface area contributed by atoms with Gasteiger partial charge in [0, 0.05) is 38.8 Å². The molecule has 1 aromatic rings. The second-order valence-corrected chi connectivity index (χ2v) is 5.90. The highest BCUT2D eigenvalue weighted by atomic mass is 16.4. The van der Waals surface area contributed by atoms with Crippen molar-refractivity contribution in [3.63, 3.8) is 0 Å². The summed E-state index contributed by atoms with van der Waals surface area (Å²) in [5.41, 5.74) is 0.898. The van der Waals surface area contributed by atoms with Crippen LogP contribution in [0.15, 0.2) is 30.3 Å². The molecule has 0 bridgehead atoms. The molecule has 1 aliphatic heterocycles. The van der Waals surface area contributed by atoms with Crippen LogP contribution < -0.4 is 0 Å². The molecule has 0 spiro atoms. The zero-order valence-electron chi connectivity index (χ0n) is 13.0. The van der Waals surface area contributed by atoms with E-state index in [9.17, 15) is 9.90 Å². The summed E-state index contributed by atoms with van der Waals surface area (Å²) in [4.78, 5) is 16.3. The number of hydrogen-bond acceptors (Lipinski definition) is 3. The smallest absolute Gasteiger partial charge is 0.312 e. The Balaban J connectivity index is 1.93. The second kappa shape index (κ2) is 7.57. The van der Waals surface area contributed by atoms with E-state index in [1.54, 1.807) is 0 Å². The Morgan fingerprint density at radius 2 is 1.81 bits per heavy atom. The highest BCUT2D eigenvalue weighted by Crippen LogP contribution is 2.19. The molecule has 0 aromatic heterocycles. The SMILES string of the molecule is CCC(C)N1CCN(CC(C(=O)O)c2ccccc2)CC1. The van der Waals surface area contributed by atoms with Gasteiger partial charge in [0.15, 0.2) is 0 Å². The van der Waals surface area contributed by atoms with Crippen molar-refractivity contribution in [2.75, 3.05) is 32.7 Å². The number of benzene rings is 1. The first-order chi connectivity index (χ1) is 10.1. The van der Waals surface area contributed by atoms with Crippen molar-refractivity contribution in [3.05, 3.63) is 35.9 Å². The standard InChI is InChI=1S/C17H26N2O2/c1-3-14(2)19-11-9-18(10-12-19)13-16(17(20)21)15-7-5-4-6-8-15/h4-8,14,16H,3,9-13H2,1-2H3,(H,20,21). The van der Waals surface area contributed by atoms with Crippen molar-refractivity contribution in [2.45, 2.75) is 32.2 Å². The van der Waals surface area contributed by atoms with Crippen LogP contribution in [0.2, 0.25) is 0 Å². The fourth-order valence-corrected chi connectivity index (χ4v) is 2.91. The molecule has 116 valence electrons. The molecule has 2 unspecified atom stereocenters. The number of rotatable bonds is 6. The summed E-state index contributed by atoms with van der Waals surface area (Å²) in [6.07, 6.45) is 1.17. The number of nitrogens with zero attached hydrogens (tertiary/aromatic N) is 2. The molecule has 4 nitrogen and oxygen atoms in total. The maximum Gasteiger partial charge on any atom is 0.312 e. The predicted octanol–water partition coefficient (Wildman–Crippen LogP) is 2.27. The summed E-state index contributed by atoms with van der Waals surface area (Å²) >= 11 is 0. The van der Waals surface area contributed by atoms with E-state index in [0.29, 0.717) is 12.6 Å². The number of carboxylic acids is 1. The van der Waals surface area contributed by atoms with Gasteiger partial charge in [-0.2, -0.15) is 0 Å². The monoisotopic (exact) mass is 290 g/mol. The lowest BCUT2D eigenvalue weighted by Crippen LogP contribution is -2.50. The minimum Gasteiger partial charge on any atom is -0.481 e. The Bertz CT molecular complexity index is 441. The normalized spacial score (nSPS) is 20.1. The zero-order valence-corrected chi connectivity index (χ0v) is 13.0. The first-order valence-corrected chi connectivity index (χ1v) is 7.86. The molecule has 2 atom stereocenters. The molecule has 1 saturated heterocycles. The topological polar surface area (TPSA) is 43.8 Å². The molecule has 0 radical (unpaired) electrons. The van der Waals surface area contributed by atoms with E-state index in [2.05, 4.69) is 23.6 Å². The molecule has 1 heterocycles. The summed E-state index contributed by atoms with van der Waals surface area (Å²) in [5.74, 6) is -1.16. The van der Waals surface area contributed by atoms with Gasteiger partial charge in [-0.3, -0.25) is 14.6 Å². The third-order valence-corrected chi connectivity index (χ3v) is 4.56. The number of piperazine rings is 1. The maximum absolute atomic E-state index is 11.6. The fraction of sp³-hybridized carbons (Fsp3) is 0.588. The van der Waals surface area contributed by atoms with Gasteiger partial charge in [0.05, 0.1) is 5.92 Å². The molecule has 2 rings (SSSR count).